The van der Waals surface area contributed by atoms with Crippen LogP contribution >= 0.6 is 0 Å². The van der Waals surface area contributed by atoms with Crippen molar-refractivity contribution in [3.8, 4) is 0 Å². The third-order valence-electron chi connectivity index (χ3n) is 3.94. The lowest BCUT2D eigenvalue weighted by molar-refractivity contribution is 0.461. The van der Waals surface area contributed by atoms with Crippen molar-refractivity contribution in [1.29, 1.82) is 0 Å². The summed E-state index contributed by atoms with van der Waals surface area (Å²) in [6.07, 6.45) is 8.46. The maximum atomic E-state index is 4.05. The zero-order valence-corrected chi connectivity index (χ0v) is 11.2. The quantitative estimate of drug-likeness (QED) is 0.905. The van der Waals surface area contributed by atoms with Crippen LogP contribution in [-0.4, -0.2) is 17.6 Å². The van der Waals surface area contributed by atoms with Gasteiger partial charge in [0.1, 0.15) is 0 Å². The minimum Gasteiger partial charge on any atom is -0.313 e. The number of nitrogens with one attached hydrogen (secondary N) is 1. The summed E-state index contributed by atoms with van der Waals surface area (Å²) in [4.78, 5) is 4.05. The summed E-state index contributed by atoms with van der Waals surface area (Å²) in [7, 11) is 0. The largest absolute Gasteiger partial charge is 0.313 e. The highest BCUT2D eigenvalue weighted by molar-refractivity contribution is 5.30. The maximum absolute atomic E-state index is 4.05. The molecule has 0 saturated heterocycles. The molecule has 1 unspecified atom stereocenters. The van der Waals surface area contributed by atoms with E-state index in [2.05, 4.69) is 46.7 Å². The van der Waals surface area contributed by atoms with E-state index in [1.54, 1.807) is 0 Å². The van der Waals surface area contributed by atoms with Crippen LogP contribution in [0.1, 0.15) is 23.1 Å². The first kappa shape index (κ1) is 12.4. The van der Waals surface area contributed by atoms with E-state index in [9.17, 15) is 0 Å². The van der Waals surface area contributed by atoms with Crippen molar-refractivity contribution in [3.63, 3.8) is 0 Å². The summed E-state index contributed by atoms with van der Waals surface area (Å²) < 4.78 is 0. The predicted octanol–water partition coefficient (Wildman–Crippen LogP) is 2.77. The third-order valence-corrected chi connectivity index (χ3v) is 3.94. The molecule has 1 heterocycles. The van der Waals surface area contributed by atoms with E-state index in [-0.39, 0.29) is 0 Å². The van der Waals surface area contributed by atoms with E-state index in [0.717, 1.165) is 13.0 Å². The van der Waals surface area contributed by atoms with E-state index in [1.165, 1.54) is 36.0 Å². The van der Waals surface area contributed by atoms with E-state index >= 15 is 0 Å². The van der Waals surface area contributed by atoms with Crippen molar-refractivity contribution in [3.05, 3.63) is 65.5 Å². The smallest absolute Gasteiger partial charge is 0.0270 e. The van der Waals surface area contributed by atoms with Crippen LogP contribution in [0.25, 0.3) is 0 Å². The molecular formula is C17H20N2. The highest BCUT2D eigenvalue weighted by Gasteiger charge is 2.17. The fraction of sp³-hybridized carbons (Fsp3) is 0.353. The number of hydrogen-bond donors (Lipinski definition) is 1. The fourth-order valence-corrected chi connectivity index (χ4v) is 2.84. The van der Waals surface area contributed by atoms with Crippen LogP contribution in [0.4, 0.5) is 0 Å². The van der Waals surface area contributed by atoms with Gasteiger partial charge in [0.15, 0.2) is 0 Å². The molecule has 1 aromatic heterocycles. The standard InChI is InChI=1S/C17H20N2/c1-2-4-16-13-17(6-5-15(16)3-1)19-12-9-14-7-10-18-11-8-14/h1-4,7-8,10-11,17,19H,5-6,9,12-13H2. The van der Waals surface area contributed by atoms with Gasteiger partial charge in [-0.25, -0.2) is 0 Å². The van der Waals surface area contributed by atoms with Crippen LogP contribution in [-0.2, 0) is 19.3 Å². The third kappa shape index (κ3) is 3.21. The molecule has 2 heteroatoms. The molecule has 98 valence electrons. The van der Waals surface area contributed by atoms with Gasteiger partial charge >= 0.3 is 0 Å². The fourth-order valence-electron chi connectivity index (χ4n) is 2.84. The maximum Gasteiger partial charge on any atom is 0.0270 e. The van der Waals surface area contributed by atoms with Crippen molar-refractivity contribution < 1.29 is 0 Å². The van der Waals surface area contributed by atoms with Gasteiger partial charge in [-0.2, -0.15) is 0 Å². The summed E-state index contributed by atoms with van der Waals surface area (Å²) >= 11 is 0. The number of aryl methyl sites for hydroxylation is 1. The lowest BCUT2D eigenvalue weighted by atomic mass is 9.88. The summed E-state index contributed by atoms with van der Waals surface area (Å²) in [5.41, 5.74) is 4.42. The van der Waals surface area contributed by atoms with Crippen molar-refractivity contribution in [2.24, 2.45) is 0 Å². The minimum absolute atomic E-state index is 0.636. The normalized spacial score (nSPS) is 18.0. The second-order valence-electron chi connectivity index (χ2n) is 5.27. The Kier molecular flexibility index (Phi) is 3.89. The number of pyridine rings is 1. The Labute approximate surface area is 114 Å². The zero-order chi connectivity index (χ0) is 12.9. The monoisotopic (exact) mass is 252 g/mol. The van der Waals surface area contributed by atoms with Crippen LogP contribution in [0.2, 0.25) is 0 Å². The van der Waals surface area contributed by atoms with Crippen LogP contribution in [0.15, 0.2) is 48.8 Å². The topological polar surface area (TPSA) is 24.9 Å². The zero-order valence-electron chi connectivity index (χ0n) is 11.2. The Balaban J connectivity index is 1.50. The van der Waals surface area contributed by atoms with Crippen LogP contribution < -0.4 is 5.32 Å². The van der Waals surface area contributed by atoms with Gasteiger partial charge in [-0.3, -0.25) is 4.98 Å². The first-order chi connectivity index (χ1) is 9.42. The molecule has 0 fully saturated rings. The van der Waals surface area contributed by atoms with Crippen LogP contribution in [0.3, 0.4) is 0 Å². The second-order valence-corrected chi connectivity index (χ2v) is 5.27. The molecule has 2 nitrogen and oxygen atoms in total. The van der Waals surface area contributed by atoms with Gasteiger partial charge in [-0.05, 0) is 61.1 Å². The summed E-state index contributed by atoms with van der Waals surface area (Å²) in [6, 6.07) is 13.7. The number of hydrogen-bond acceptors (Lipinski definition) is 2. The van der Waals surface area contributed by atoms with Crippen LogP contribution in [0, 0.1) is 0 Å². The summed E-state index contributed by atoms with van der Waals surface area (Å²) in [5, 5.41) is 3.69. The van der Waals surface area contributed by atoms with E-state index in [1.807, 2.05) is 12.4 Å². The Bertz CT molecular complexity index is 522. The molecule has 0 spiro atoms. The number of benzene rings is 1. The van der Waals surface area contributed by atoms with Gasteiger partial charge < -0.3 is 5.32 Å². The molecule has 2 aromatic rings. The average molecular weight is 252 g/mol. The van der Waals surface area contributed by atoms with E-state index < -0.39 is 0 Å². The first-order valence-electron chi connectivity index (χ1n) is 7.11. The Morgan fingerprint density at radius 3 is 2.68 bits per heavy atom. The second kappa shape index (κ2) is 5.98. The highest BCUT2D eigenvalue weighted by Crippen LogP contribution is 2.20. The summed E-state index contributed by atoms with van der Waals surface area (Å²) in [6.45, 7) is 1.05. The summed E-state index contributed by atoms with van der Waals surface area (Å²) in [5.74, 6) is 0. The number of rotatable bonds is 4. The van der Waals surface area contributed by atoms with E-state index in [4.69, 9.17) is 0 Å². The van der Waals surface area contributed by atoms with Crippen LogP contribution in [0.5, 0.6) is 0 Å². The molecule has 0 aliphatic heterocycles. The Hall–Kier alpha value is -1.67. The van der Waals surface area contributed by atoms with Gasteiger partial charge in [0.05, 0.1) is 0 Å². The number of fused-ring (bicyclic) bond motifs is 1. The van der Waals surface area contributed by atoms with Gasteiger partial charge in [0.2, 0.25) is 0 Å². The van der Waals surface area contributed by atoms with Gasteiger partial charge in [0, 0.05) is 18.4 Å². The van der Waals surface area contributed by atoms with Crippen molar-refractivity contribution in [2.75, 3.05) is 6.54 Å². The minimum atomic E-state index is 0.636. The van der Waals surface area contributed by atoms with Crippen molar-refractivity contribution in [2.45, 2.75) is 31.7 Å². The SMILES string of the molecule is c1ccc2c(c1)CCC(NCCc1ccncc1)C2. The van der Waals surface area contributed by atoms with Gasteiger partial charge in [-0.1, -0.05) is 24.3 Å². The average Bonchev–Trinajstić information content (AvgIpc) is 2.48. The molecule has 3 rings (SSSR count). The number of aromatic nitrogens is 1. The molecule has 1 aliphatic rings. The van der Waals surface area contributed by atoms with E-state index in [0.29, 0.717) is 6.04 Å². The molecule has 1 aliphatic carbocycles. The Morgan fingerprint density at radius 2 is 1.84 bits per heavy atom. The Morgan fingerprint density at radius 1 is 1.05 bits per heavy atom. The molecule has 1 aromatic carbocycles. The van der Waals surface area contributed by atoms with Gasteiger partial charge in [0.25, 0.3) is 0 Å². The molecule has 0 amide bonds. The molecule has 1 N–H and O–H groups in total. The van der Waals surface area contributed by atoms with Gasteiger partial charge in [-0.15, -0.1) is 0 Å². The molecule has 19 heavy (non-hydrogen) atoms. The predicted molar refractivity (Wildman–Crippen MR) is 78.2 cm³/mol. The van der Waals surface area contributed by atoms with Crippen molar-refractivity contribution >= 4 is 0 Å². The molecule has 0 radical (unpaired) electrons. The lowest BCUT2D eigenvalue weighted by Gasteiger charge is -2.25. The molecule has 0 saturated carbocycles. The first-order valence-corrected chi connectivity index (χ1v) is 7.11. The molecule has 1 atom stereocenters. The lowest BCUT2D eigenvalue weighted by Crippen LogP contribution is -2.35. The molecular weight excluding hydrogens is 232 g/mol. The highest BCUT2D eigenvalue weighted by atomic mass is 14.9. The molecule has 0 bridgehead atoms. The van der Waals surface area contributed by atoms with Crippen molar-refractivity contribution in [1.82, 2.24) is 10.3 Å². The number of nitrogens with zero attached hydrogens (tertiary/aromatic N) is 1.